The maximum absolute atomic E-state index is 13.3. The summed E-state index contributed by atoms with van der Waals surface area (Å²) in [6.07, 6.45) is 6.28. The molecular weight excluding hydrogens is 295 g/mol. The van der Waals surface area contributed by atoms with E-state index in [2.05, 4.69) is 10.1 Å². The molecule has 2 unspecified atom stereocenters. The van der Waals surface area contributed by atoms with Gasteiger partial charge in [0, 0.05) is 23.4 Å². The zero-order valence-corrected chi connectivity index (χ0v) is 13.2. The van der Waals surface area contributed by atoms with Crippen LogP contribution < -0.4 is 0 Å². The van der Waals surface area contributed by atoms with Crippen LogP contribution >= 0.6 is 0 Å². The Morgan fingerprint density at radius 2 is 1.91 bits per heavy atom. The van der Waals surface area contributed by atoms with E-state index in [1.54, 1.807) is 6.07 Å². The van der Waals surface area contributed by atoms with Gasteiger partial charge in [-0.1, -0.05) is 18.0 Å². The molecule has 4 rings (SSSR count). The highest BCUT2D eigenvalue weighted by molar-refractivity contribution is 5.79. The van der Waals surface area contributed by atoms with Crippen molar-refractivity contribution >= 4 is 11.0 Å². The standard InChI is InChI=1S/C18H23FN2O2/c19-13-5-6-14-17(11-13)23-20-18(14)12-7-9-21(10-8-12)15-3-1-2-4-16(15)22/h5-6,11-12,15-16,22H,1-4,7-10H2. The number of hydrogen-bond donors (Lipinski definition) is 1. The van der Waals surface area contributed by atoms with E-state index in [0.717, 1.165) is 56.3 Å². The van der Waals surface area contributed by atoms with Gasteiger partial charge in [-0.2, -0.15) is 0 Å². The van der Waals surface area contributed by atoms with Crippen molar-refractivity contribution in [3.63, 3.8) is 0 Å². The third-order valence-corrected chi connectivity index (χ3v) is 5.54. The van der Waals surface area contributed by atoms with Gasteiger partial charge in [0.25, 0.3) is 0 Å². The van der Waals surface area contributed by atoms with Gasteiger partial charge in [0.15, 0.2) is 5.58 Å². The molecule has 2 fully saturated rings. The maximum atomic E-state index is 13.3. The van der Waals surface area contributed by atoms with Crippen LogP contribution in [0.3, 0.4) is 0 Å². The van der Waals surface area contributed by atoms with Crippen molar-refractivity contribution in [1.29, 1.82) is 0 Å². The molecule has 1 aliphatic heterocycles. The summed E-state index contributed by atoms with van der Waals surface area (Å²) in [6.45, 7) is 1.98. The number of nitrogens with zero attached hydrogens (tertiary/aromatic N) is 2. The highest BCUT2D eigenvalue weighted by Crippen LogP contribution is 2.35. The number of halogens is 1. The summed E-state index contributed by atoms with van der Waals surface area (Å²) in [5.74, 6) is 0.0694. The Morgan fingerprint density at radius 1 is 1.13 bits per heavy atom. The molecule has 1 aromatic heterocycles. The number of benzene rings is 1. The summed E-state index contributed by atoms with van der Waals surface area (Å²) in [5, 5.41) is 15.4. The van der Waals surface area contributed by atoms with Crippen LogP contribution in [0.25, 0.3) is 11.0 Å². The first-order valence-corrected chi connectivity index (χ1v) is 8.69. The summed E-state index contributed by atoms with van der Waals surface area (Å²) < 4.78 is 18.6. The molecular formula is C18H23FN2O2. The van der Waals surface area contributed by atoms with Crippen molar-refractivity contribution in [2.75, 3.05) is 13.1 Å². The lowest BCUT2D eigenvalue weighted by atomic mass is 9.87. The van der Waals surface area contributed by atoms with Crippen molar-refractivity contribution in [3.8, 4) is 0 Å². The number of aliphatic hydroxyl groups is 1. The van der Waals surface area contributed by atoms with Crippen molar-refractivity contribution in [2.24, 2.45) is 0 Å². The first kappa shape index (κ1) is 15.1. The average molecular weight is 318 g/mol. The first-order chi connectivity index (χ1) is 11.2. The SMILES string of the molecule is OC1CCCCC1N1CCC(c2noc3cc(F)ccc23)CC1. The molecule has 1 saturated heterocycles. The third kappa shape index (κ3) is 2.88. The highest BCUT2D eigenvalue weighted by atomic mass is 19.1. The smallest absolute Gasteiger partial charge is 0.170 e. The van der Waals surface area contributed by atoms with E-state index in [9.17, 15) is 9.50 Å². The number of fused-ring (bicyclic) bond motifs is 1. The van der Waals surface area contributed by atoms with Crippen molar-refractivity contribution in [1.82, 2.24) is 10.1 Å². The van der Waals surface area contributed by atoms with Gasteiger partial charge in [0.05, 0.1) is 11.8 Å². The highest BCUT2D eigenvalue weighted by Gasteiger charge is 2.33. The normalized spacial score (nSPS) is 27.6. The van der Waals surface area contributed by atoms with Crippen molar-refractivity contribution in [3.05, 3.63) is 29.7 Å². The summed E-state index contributed by atoms with van der Waals surface area (Å²) in [4.78, 5) is 2.45. The topological polar surface area (TPSA) is 49.5 Å². The Bertz CT molecular complexity index is 679. The van der Waals surface area contributed by atoms with Crippen molar-refractivity contribution < 1.29 is 14.0 Å². The molecule has 2 heterocycles. The Balaban J connectivity index is 1.46. The molecule has 1 saturated carbocycles. The fraction of sp³-hybridized carbons (Fsp3) is 0.611. The number of hydrogen-bond acceptors (Lipinski definition) is 4. The molecule has 1 aliphatic carbocycles. The van der Waals surface area contributed by atoms with Crippen LogP contribution in [0.15, 0.2) is 22.7 Å². The minimum atomic E-state index is -0.290. The lowest BCUT2D eigenvalue weighted by molar-refractivity contribution is 0.00847. The fourth-order valence-corrected chi connectivity index (χ4v) is 4.25. The Labute approximate surface area is 135 Å². The second kappa shape index (κ2) is 6.21. The third-order valence-electron chi connectivity index (χ3n) is 5.54. The molecule has 4 nitrogen and oxygen atoms in total. The molecule has 2 aromatic rings. The molecule has 23 heavy (non-hydrogen) atoms. The van der Waals surface area contributed by atoms with Gasteiger partial charge in [-0.05, 0) is 50.9 Å². The Morgan fingerprint density at radius 3 is 2.70 bits per heavy atom. The predicted molar refractivity (Wildman–Crippen MR) is 85.8 cm³/mol. The number of aliphatic hydroxyl groups excluding tert-OH is 1. The van der Waals surface area contributed by atoms with Crippen molar-refractivity contribution in [2.45, 2.75) is 56.6 Å². The number of likely N-dealkylation sites (tertiary alicyclic amines) is 1. The van der Waals surface area contributed by atoms with Gasteiger partial charge < -0.3 is 9.63 Å². The van der Waals surface area contributed by atoms with E-state index in [1.807, 2.05) is 0 Å². The van der Waals surface area contributed by atoms with Gasteiger partial charge in [-0.25, -0.2) is 4.39 Å². The quantitative estimate of drug-likeness (QED) is 0.921. The zero-order chi connectivity index (χ0) is 15.8. The van der Waals surface area contributed by atoms with E-state index in [-0.39, 0.29) is 11.9 Å². The average Bonchev–Trinajstić information content (AvgIpc) is 2.98. The minimum Gasteiger partial charge on any atom is -0.391 e. The zero-order valence-electron chi connectivity index (χ0n) is 13.2. The maximum Gasteiger partial charge on any atom is 0.170 e. The van der Waals surface area contributed by atoms with Crippen LogP contribution in [0.4, 0.5) is 4.39 Å². The van der Waals surface area contributed by atoms with E-state index in [1.165, 1.54) is 18.6 Å². The van der Waals surface area contributed by atoms with Gasteiger partial charge >= 0.3 is 0 Å². The second-order valence-electron chi connectivity index (χ2n) is 6.94. The summed E-state index contributed by atoms with van der Waals surface area (Å²) in [7, 11) is 0. The molecule has 0 spiro atoms. The van der Waals surface area contributed by atoms with Crippen LogP contribution in [0, 0.1) is 5.82 Å². The van der Waals surface area contributed by atoms with E-state index >= 15 is 0 Å². The van der Waals surface area contributed by atoms with Crippen LogP contribution in [-0.4, -0.2) is 40.4 Å². The largest absolute Gasteiger partial charge is 0.391 e. The lowest BCUT2D eigenvalue weighted by Crippen LogP contribution is -2.48. The van der Waals surface area contributed by atoms with Crippen LogP contribution in [0.5, 0.6) is 0 Å². The number of aromatic nitrogens is 1. The second-order valence-corrected chi connectivity index (χ2v) is 6.94. The monoisotopic (exact) mass is 318 g/mol. The van der Waals surface area contributed by atoms with Gasteiger partial charge in [-0.15, -0.1) is 0 Å². The van der Waals surface area contributed by atoms with E-state index in [0.29, 0.717) is 17.5 Å². The van der Waals surface area contributed by atoms with E-state index in [4.69, 9.17) is 4.52 Å². The molecule has 5 heteroatoms. The lowest BCUT2D eigenvalue weighted by Gasteiger charge is -2.41. The van der Waals surface area contributed by atoms with Gasteiger partial charge in [0.1, 0.15) is 5.82 Å². The molecule has 0 radical (unpaired) electrons. The van der Waals surface area contributed by atoms with Crippen LogP contribution in [-0.2, 0) is 0 Å². The Kier molecular flexibility index (Phi) is 4.07. The fourth-order valence-electron chi connectivity index (χ4n) is 4.25. The molecule has 0 amide bonds. The van der Waals surface area contributed by atoms with Gasteiger partial charge in [0.2, 0.25) is 0 Å². The Hall–Kier alpha value is -1.46. The molecule has 0 bridgehead atoms. The first-order valence-electron chi connectivity index (χ1n) is 8.69. The van der Waals surface area contributed by atoms with Gasteiger partial charge in [-0.3, -0.25) is 4.90 Å². The predicted octanol–water partition coefficient (Wildman–Crippen LogP) is 3.45. The molecule has 2 aliphatic rings. The molecule has 1 N–H and O–H groups in total. The molecule has 1 aromatic carbocycles. The van der Waals surface area contributed by atoms with Crippen LogP contribution in [0.2, 0.25) is 0 Å². The van der Waals surface area contributed by atoms with Crippen LogP contribution in [0.1, 0.15) is 50.1 Å². The summed E-state index contributed by atoms with van der Waals surface area (Å²) in [5.41, 5.74) is 1.49. The molecule has 124 valence electrons. The number of rotatable bonds is 2. The number of piperidine rings is 1. The summed E-state index contributed by atoms with van der Waals surface area (Å²) >= 11 is 0. The molecule has 2 atom stereocenters. The van der Waals surface area contributed by atoms with E-state index < -0.39 is 0 Å². The minimum absolute atomic E-state index is 0.170. The summed E-state index contributed by atoms with van der Waals surface area (Å²) in [6, 6.07) is 4.97.